The molecule has 8 nitrogen and oxygen atoms in total. The quantitative estimate of drug-likeness (QED) is 0.583. The molecule has 34 heavy (non-hydrogen) atoms. The van der Waals surface area contributed by atoms with Gasteiger partial charge >= 0.3 is 0 Å². The van der Waals surface area contributed by atoms with Gasteiger partial charge < -0.3 is 19.5 Å². The zero-order chi connectivity index (χ0) is 23.8. The van der Waals surface area contributed by atoms with Crippen LogP contribution in [0.2, 0.25) is 0 Å². The largest absolute Gasteiger partial charge is 0.483 e. The fourth-order valence-corrected chi connectivity index (χ4v) is 4.92. The molecule has 4 atom stereocenters. The van der Waals surface area contributed by atoms with Crippen LogP contribution in [0.3, 0.4) is 0 Å². The first kappa shape index (κ1) is 22.7. The Morgan fingerprint density at radius 3 is 2.79 bits per heavy atom. The molecule has 0 saturated carbocycles. The van der Waals surface area contributed by atoms with Crippen molar-refractivity contribution in [3.05, 3.63) is 48.0 Å². The third-order valence-corrected chi connectivity index (χ3v) is 6.43. The highest BCUT2D eigenvalue weighted by Crippen LogP contribution is 2.37. The number of nitrogens with zero attached hydrogens (tertiary/aromatic N) is 4. The summed E-state index contributed by atoms with van der Waals surface area (Å²) in [6.07, 6.45) is 4.44. The van der Waals surface area contributed by atoms with Gasteiger partial charge in [0, 0.05) is 11.5 Å². The molecule has 10 heteroatoms. The van der Waals surface area contributed by atoms with E-state index in [4.69, 9.17) is 14.2 Å². The molecule has 0 radical (unpaired) electrons. The normalized spacial score (nSPS) is 23.6. The van der Waals surface area contributed by atoms with E-state index in [-0.39, 0.29) is 35.4 Å². The molecule has 3 aromatic rings. The number of hydrogen-bond acceptors (Lipinski definition) is 8. The van der Waals surface area contributed by atoms with Gasteiger partial charge in [0.2, 0.25) is 0 Å². The third-order valence-electron chi connectivity index (χ3n) is 5.86. The van der Waals surface area contributed by atoms with Crippen molar-refractivity contribution in [3.63, 3.8) is 0 Å². The van der Waals surface area contributed by atoms with Gasteiger partial charge in [-0.3, -0.25) is 0 Å². The maximum Gasteiger partial charge on any atom is 0.151 e. The predicted octanol–water partition coefficient (Wildman–Crippen LogP) is 4.20. The number of benzene rings is 2. The van der Waals surface area contributed by atoms with Gasteiger partial charge in [0.15, 0.2) is 6.10 Å². The van der Waals surface area contributed by atoms with Crippen molar-refractivity contribution in [2.75, 3.05) is 31.0 Å². The fraction of sp³-hybridized carbons (Fsp3) is 0.375. The molecule has 3 heterocycles. The Labute approximate surface area is 199 Å². The molecule has 1 N–H and O–H groups in total. The van der Waals surface area contributed by atoms with Crippen molar-refractivity contribution in [2.45, 2.75) is 25.2 Å². The molecule has 2 saturated heterocycles. The zero-order valence-electron chi connectivity index (χ0n) is 19.0. The van der Waals surface area contributed by atoms with E-state index in [2.05, 4.69) is 38.2 Å². The smallest absolute Gasteiger partial charge is 0.151 e. The Hall–Kier alpha value is -3.13. The van der Waals surface area contributed by atoms with Crippen LogP contribution in [-0.4, -0.2) is 54.0 Å². The highest BCUT2D eigenvalue weighted by atomic mass is 32.2. The first-order valence-corrected chi connectivity index (χ1v) is 12.8. The van der Waals surface area contributed by atoms with E-state index in [1.54, 1.807) is 6.07 Å². The van der Waals surface area contributed by atoms with Crippen molar-refractivity contribution < 1.29 is 18.6 Å². The summed E-state index contributed by atoms with van der Waals surface area (Å²) >= 11 is 0. The minimum atomic E-state index is -0.449. The van der Waals surface area contributed by atoms with Gasteiger partial charge in [-0.15, -0.1) is 10.7 Å². The molecule has 0 spiro atoms. The van der Waals surface area contributed by atoms with Crippen LogP contribution < -0.4 is 10.1 Å². The number of fused-ring (bicyclic) bond motifs is 2. The number of aryl methyl sites for hydroxylation is 1. The highest BCUT2D eigenvalue weighted by molar-refractivity contribution is 7.85. The lowest BCUT2D eigenvalue weighted by molar-refractivity contribution is 0.0305. The van der Waals surface area contributed by atoms with Gasteiger partial charge in [-0.05, 0) is 49.3 Å². The fourth-order valence-electron chi connectivity index (χ4n) is 4.39. The summed E-state index contributed by atoms with van der Waals surface area (Å²) in [7, 11) is -0.0920. The average Bonchev–Trinajstić information content (AvgIpc) is 3.37. The van der Waals surface area contributed by atoms with Gasteiger partial charge in [0.1, 0.15) is 35.9 Å². The first-order valence-electron chi connectivity index (χ1n) is 10.8. The molecule has 176 valence electrons. The van der Waals surface area contributed by atoms with E-state index in [0.717, 1.165) is 22.2 Å². The van der Waals surface area contributed by atoms with Gasteiger partial charge in [0.05, 0.1) is 42.1 Å². The predicted molar refractivity (Wildman–Crippen MR) is 128 cm³/mol. The van der Waals surface area contributed by atoms with Crippen LogP contribution in [0.4, 0.5) is 21.6 Å². The van der Waals surface area contributed by atoms with Crippen LogP contribution in [0.1, 0.15) is 5.56 Å². The van der Waals surface area contributed by atoms with Crippen molar-refractivity contribution in [1.82, 2.24) is 9.97 Å². The summed E-state index contributed by atoms with van der Waals surface area (Å²) in [5.41, 5.74) is 3.16. The SMILES string of the molecule is Cc1cc(N=S(C)C)cc2ncnc(Nc3ccc(F)cc3OC3COC4C(C#N)COC34)c12. The van der Waals surface area contributed by atoms with Gasteiger partial charge in [-0.2, -0.15) is 5.26 Å². The van der Waals surface area contributed by atoms with E-state index in [1.165, 1.54) is 18.5 Å². The lowest BCUT2D eigenvalue weighted by Crippen LogP contribution is -2.33. The summed E-state index contributed by atoms with van der Waals surface area (Å²) in [5, 5.41) is 13.4. The summed E-state index contributed by atoms with van der Waals surface area (Å²) < 4.78 is 36.5. The molecule has 4 unspecified atom stereocenters. The monoisotopic (exact) mass is 481 g/mol. The number of rotatable bonds is 5. The van der Waals surface area contributed by atoms with E-state index in [0.29, 0.717) is 23.9 Å². The molecule has 2 fully saturated rings. The minimum absolute atomic E-state index is 0.0920. The Morgan fingerprint density at radius 2 is 2.00 bits per heavy atom. The van der Waals surface area contributed by atoms with Gasteiger partial charge in [-0.25, -0.2) is 18.7 Å². The first-order chi connectivity index (χ1) is 16.4. The Kier molecular flexibility index (Phi) is 6.16. The van der Waals surface area contributed by atoms with Crippen molar-refractivity contribution in [2.24, 2.45) is 10.3 Å². The van der Waals surface area contributed by atoms with Crippen LogP contribution in [0.25, 0.3) is 10.9 Å². The highest BCUT2D eigenvalue weighted by Gasteiger charge is 2.49. The Morgan fingerprint density at radius 1 is 1.18 bits per heavy atom. The molecule has 0 bridgehead atoms. The molecule has 2 aliphatic heterocycles. The van der Waals surface area contributed by atoms with Crippen LogP contribution >= 0.6 is 0 Å². The van der Waals surface area contributed by atoms with Crippen LogP contribution in [-0.2, 0) is 20.2 Å². The van der Waals surface area contributed by atoms with Crippen LogP contribution in [0, 0.1) is 30.0 Å². The standard InChI is InChI=1S/C24H24FN5O3S/c1-13-6-16(30-34(2)3)8-18-21(13)24(28-12-27-18)29-17-5-4-15(25)7-19(17)33-20-11-32-22-14(9-26)10-31-23(20)22/h4-8,12,14,20,22-23H,10-11H2,1-3H3,(H,27,28,29). The Balaban J connectivity index is 1.46. The number of anilines is 2. The second-order valence-electron chi connectivity index (χ2n) is 8.50. The average molecular weight is 482 g/mol. The van der Waals surface area contributed by atoms with Gasteiger partial charge in [0.25, 0.3) is 0 Å². The number of hydrogen-bond donors (Lipinski definition) is 1. The van der Waals surface area contributed by atoms with Crippen molar-refractivity contribution in [3.8, 4) is 11.8 Å². The zero-order valence-corrected chi connectivity index (χ0v) is 19.8. The second kappa shape index (κ2) is 9.25. The minimum Gasteiger partial charge on any atom is -0.483 e. The second-order valence-corrected chi connectivity index (χ2v) is 10.2. The van der Waals surface area contributed by atoms with Crippen LogP contribution in [0.5, 0.6) is 5.75 Å². The molecule has 5 rings (SSSR count). The molecule has 1 aromatic heterocycles. The lowest BCUT2D eigenvalue weighted by atomic mass is 10.0. The summed E-state index contributed by atoms with van der Waals surface area (Å²) in [6.45, 7) is 2.56. The molecule has 2 aromatic carbocycles. The van der Waals surface area contributed by atoms with E-state index < -0.39 is 11.9 Å². The van der Waals surface area contributed by atoms with Crippen molar-refractivity contribution in [1.29, 1.82) is 5.26 Å². The molecule has 2 aliphatic rings. The van der Waals surface area contributed by atoms with E-state index in [9.17, 15) is 9.65 Å². The molecular weight excluding hydrogens is 457 g/mol. The Bertz CT molecular complexity index is 1320. The maximum absolute atomic E-state index is 14.2. The van der Waals surface area contributed by atoms with Gasteiger partial charge in [-0.1, -0.05) is 0 Å². The third kappa shape index (κ3) is 4.34. The molecular formula is C24H24FN5O3S. The lowest BCUT2D eigenvalue weighted by Gasteiger charge is -2.21. The molecule has 0 aliphatic carbocycles. The van der Waals surface area contributed by atoms with Crippen molar-refractivity contribution >= 4 is 38.8 Å². The van der Waals surface area contributed by atoms with E-state index >= 15 is 0 Å². The number of nitriles is 1. The number of nitrogens with one attached hydrogen (secondary N) is 1. The van der Waals surface area contributed by atoms with E-state index in [1.807, 2.05) is 19.1 Å². The summed E-state index contributed by atoms with van der Waals surface area (Å²) in [6, 6.07) is 10.4. The number of halogens is 1. The number of ether oxygens (including phenoxy) is 3. The maximum atomic E-state index is 14.2. The summed E-state index contributed by atoms with van der Waals surface area (Å²) in [5.74, 6) is 0.143. The van der Waals surface area contributed by atoms with Crippen LogP contribution in [0.15, 0.2) is 41.0 Å². The molecule has 0 amide bonds. The number of aromatic nitrogens is 2. The topological polar surface area (TPSA) is 102 Å². The summed E-state index contributed by atoms with van der Waals surface area (Å²) in [4.78, 5) is 8.86.